The molecule has 100 valence electrons. The lowest BCUT2D eigenvalue weighted by Gasteiger charge is -2.32. The van der Waals surface area contributed by atoms with E-state index in [0.29, 0.717) is 6.61 Å². The van der Waals surface area contributed by atoms with Gasteiger partial charge in [-0.3, -0.25) is 0 Å². The van der Waals surface area contributed by atoms with E-state index in [0.717, 1.165) is 27.9 Å². The second kappa shape index (κ2) is 6.38. The quantitative estimate of drug-likeness (QED) is 0.806. The summed E-state index contributed by atoms with van der Waals surface area (Å²) in [5.74, 6) is 0. The zero-order valence-corrected chi connectivity index (χ0v) is 13.0. The Hall–Kier alpha value is -0.0900. The highest BCUT2D eigenvalue weighted by atomic mass is 79.9. The van der Waals surface area contributed by atoms with Gasteiger partial charge in [0.2, 0.25) is 0 Å². The minimum absolute atomic E-state index is 0.267. The molecule has 0 N–H and O–H groups in total. The molecule has 1 aromatic rings. The molecule has 1 aliphatic rings. The third-order valence-corrected chi connectivity index (χ3v) is 3.99. The van der Waals surface area contributed by atoms with Gasteiger partial charge in [0.1, 0.15) is 0 Å². The maximum absolute atomic E-state index is 6.17. The zero-order valence-electron chi connectivity index (χ0n) is 10.7. The van der Waals surface area contributed by atoms with E-state index in [-0.39, 0.29) is 18.3 Å². The van der Waals surface area contributed by atoms with Crippen molar-refractivity contribution in [3.05, 3.63) is 33.3 Å². The minimum Gasteiger partial charge on any atom is -0.375 e. The van der Waals surface area contributed by atoms with E-state index in [4.69, 9.17) is 21.1 Å². The second-order valence-electron chi connectivity index (χ2n) is 4.90. The minimum atomic E-state index is 0.267. The van der Waals surface area contributed by atoms with Gasteiger partial charge in [0.15, 0.2) is 0 Å². The molecule has 0 aliphatic carbocycles. The van der Waals surface area contributed by atoms with Crippen molar-refractivity contribution >= 4 is 27.5 Å². The topological polar surface area (TPSA) is 18.5 Å². The molecule has 1 saturated heterocycles. The number of hydrogen-bond donors (Lipinski definition) is 0. The summed E-state index contributed by atoms with van der Waals surface area (Å²) in [4.78, 5) is 0. The molecular weight excluding hydrogens is 316 g/mol. The van der Waals surface area contributed by atoms with Crippen molar-refractivity contribution in [2.45, 2.75) is 51.6 Å². The third kappa shape index (κ3) is 3.95. The molecule has 2 nitrogen and oxygen atoms in total. The molecular formula is C14H18BrClO2. The van der Waals surface area contributed by atoms with Crippen LogP contribution in [0.1, 0.15) is 32.3 Å². The van der Waals surface area contributed by atoms with Gasteiger partial charge in [-0.25, -0.2) is 0 Å². The second-order valence-corrected chi connectivity index (χ2v) is 6.22. The molecule has 1 fully saturated rings. The summed E-state index contributed by atoms with van der Waals surface area (Å²) in [5.41, 5.74) is 1.03. The Labute approximate surface area is 122 Å². The summed E-state index contributed by atoms with van der Waals surface area (Å²) in [6, 6.07) is 5.88. The highest BCUT2D eigenvalue weighted by Gasteiger charge is 2.24. The molecule has 0 saturated carbocycles. The molecule has 2 atom stereocenters. The summed E-state index contributed by atoms with van der Waals surface area (Å²) in [7, 11) is 0. The van der Waals surface area contributed by atoms with E-state index in [2.05, 4.69) is 29.8 Å². The van der Waals surface area contributed by atoms with Crippen molar-refractivity contribution in [3.63, 3.8) is 0 Å². The van der Waals surface area contributed by atoms with Crippen LogP contribution in [0.4, 0.5) is 0 Å². The van der Waals surface area contributed by atoms with Gasteiger partial charge in [0, 0.05) is 9.50 Å². The molecule has 18 heavy (non-hydrogen) atoms. The van der Waals surface area contributed by atoms with Crippen LogP contribution in [0.2, 0.25) is 5.02 Å². The van der Waals surface area contributed by atoms with E-state index in [1.807, 2.05) is 18.2 Å². The Morgan fingerprint density at radius 3 is 2.61 bits per heavy atom. The lowest BCUT2D eigenvalue weighted by atomic mass is 10.0. The number of rotatable bonds is 3. The Morgan fingerprint density at radius 1 is 1.33 bits per heavy atom. The average molecular weight is 334 g/mol. The van der Waals surface area contributed by atoms with Crippen LogP contribution < -0.4 is 0 Å². The van der Waals surface area contributed by atoms with Crippen molar-refractivity contribution in [1.82, 2.24) is 0 Å². The van der Waals surface area contributed by atoms with Crippen molar-refractivity contribution < 1.29 is 9.47 Å². The Kier molecular flexibility index (Phi) is 5.07. The summed E-state index contributed by atoms with van der Waals surface area (Å²) in [5, 5.41) is 0.748. The molecule has 0 radical (unpaired) electrons. The van der Waals surface area contributed by atoms with Crippen molar-refractivity contribution in [2.24, 2.45) is 0 Å². The van der Waals surface area contributed by atoms with Crippen LogP contribution in [0.5, 0.6) is 0 Å². The van der Waals surface area contributed by atoms with Gasteiger partial charge < -0.3 is 9.47 Å². The smallest absolute Gasteiger partial charge is 0.0735 e. The van der Waals surface area contributed by atoms with Crippen molar-refractivity contribution in [2.75, 3.05) is 0 Å². The fourth-order valence-corrected chi connectivity index (χ4v) is 3.05. The molecule has 0 spiro atoms. The summed E-state index contributed by atoms with van der Waals surface area (Å²) in [6.07, 6.45) is 2.73. The van der Waals surface area contributed by atoms with Crippen LogP contribution >= 0.6 is 27.5 Å². The van der Waals surface area contributed by atoms with E-state index in [1.54, 1.807) is 0 Å². The highest BCUT2D eigenvalue weighted by molar-refractivity contribution is 9.10. The predicted octanol–water partition coefficient (Wildman–Crippen LogP) is 4.58. The van der Waals surface area contributed by atoms with E-state index < -0.39 is 0 Å². The predicted molar refractivity (Wildman–Crippen MR) is 77.0 cm³/mol. The Balaban J connectivity index is 1.91. The monoisotopic (exact) mass is 332 g/mol. The van der Waals surface area contributed by atoms with Crippen molar-refractivity contribution in [1.29, 1.82) is 0 Å². The van der Waals surface area contributed by atoms with Gasteiger partial charge >= 0.3 is 0 Å². The molecule has 1 heterocycles. The van der Waals surface area contributed by atoms with Gasteiger partial charge in [-0.1, -0.05) is 33.6 Å². The maximum atomic E-state index is 6.17. The van der Waals surface area contributed by atoms with E-state index in [1.165, 1.54) is 0 Å². The third-order valence-electron chi connectivity index (χ3n) is 3.14. The summed E-state index contributed by atoms with van der Waals surface area (Å²) >= 11 is 9.57. The molecule has 0 aromatic heterocycles. The molecule has 4 heteroatoms. The van der Waals surface area contributed by atoms with Crippen LogP contribution in [-0.2, 0) is 16.1 Å². The van der Waals surface area contributed by atoms with E-state index >= 15 is 0 Å². The van der Waals surface area contributed by atoms with Crippen LogP contribution in [0, 0.1) is 0 Å². The van der Waals surface area contributed by atoms with Crippen LogP contribution in [0.25, 0.3) is 0 Å². The first-order chi connectivity index (χ1) is 8.54. The molecule has 1 aliphatic heterocycles. The number of benzene rings is 1. The van der Waals surface area contributed by atoms with Crippen LogP contribution in [0.3, 0.4) is 0 Å². The first-order valence-corrected chi connectivity index (χ1v) is 7.42. The fourth-order valence-electron chi connectivity index (χ4n) is 2.33. The number of halogens is 2. The summed E-state index contributed by atoms with van der Waals surface area (Å²) in [6.45, 7) is 4.76. The van der Waals surface area contributed by atoms with Gasteiger partial charge in [-0.2, -0.15) is 0 Å². The van der Waals surface area contributed by atoms with E-state index in [9.17, 15) is 0 Å². The molecule has 1 aromatic carbocycles. The lowest BCUT2D eigenvalue weighted by Crippen LogP contribution is -2.34. The SMILES string of the molecule is CC1CC(OCc2ccc(Br)cc2Cl)CC(C)O1. The van der Waals surface area contributed by atoms with Gasteiger partial charge in [-0.05, 0) is 44.4 Å². The van der Waals surface area contributed by atoms with Gasteiger partial charge in [-0.15, -0.1) is 0 Å². The fraction of sp³-hybridized carbons (Fsp3) is 0.571. The molecule has 2 unspecified atom stereocenters. The molecule has 0 bridgehead atoms. The number of hydrogen-bond acceptors (Lipinski definition) is 2. The maximum Gasteiger partial charge on any atom is 0.0735 e. The molecule has 2 rings (SSSR count). The molecule has 0 amide bonds. The van der Waals surface area contributed by atoms with Crippen LogP contribution in [-0.4, -0.2) is 18.3 Å². The van der Waals surface area contributed by atoms with Crippen LogP contribution in [0.15, 0.2) is 22.7 Å². The largest absolute Gasteiger partial charge is 0.375 e. The first-order valence-electron chi connectivity index (χ1n) is 6.25. The highest BCUT2D eigenvalue weighted by Crippen LogP contribution is 2.25. The first kappa shape index (κ1) is 14.3. The lowest BCUT2D eigenvalue weighted by molar-refractivity contribution is -0.106. The van der Waals surface area contributed by atoms with Gasteiger partial charge in [0.25, 0.3) is 0 Å². The Bertz CT molecular complexity index is 401. The van der Waals surface area contributed by atoms with Crippen molar-refractivity contribution in [3.8, 4) is 0 Å². The average Bonchev–Trinajstić information content (AvgIpc) is 2.26. The Morgan fingerprint density at radius 2 is 2.00 bits per heavy atom. The van der Waals surface area contributed by atoms with Gasteiger partial charge in [0.05, 0.1) is 24.9 Å². The normalized spacial score (nSPS) is 28.3. The summed E-state index contributed by atoms with van der Waals surface area (Å²) < 4.78 is 12.6. The standard InChI is InChI=1S/C14H18BrClO2/c1-9-5-13(6-10(2)18-9)17-8-11-3-4-12(15)7-14(11)16/h3-4,7,9-10,13H,5-6,8H2,1-2H3. The zero-order chi connectivity index (χ0) is 13.1. The number of ether oxygens (including phenoxy) is 2.